The molecule has 4 N–H and O–H groups in total. The van der Waals surface area contributed by atoms with Gasteiger partial charge in [0.25, 0.3) is 0 Å². The predicted octanol–water partition coefficient (Wildman–Crippen LogP) is 3.47. The Bertz CT molecular complexity index is 668. The Morgan fingerprint density at radius 1 is 1.38 bits per heavy atom. The molecule has 0 bridgehead atoms. The van der Waals surface area contributed by atoms with Crippen LogP contribution in [-0.4, -0.2) is 11.0 Å². The molecule has 1 aliphatic carbocycles. The van der Waals surface area contributed by atoms with Crippen molar-refractivity contribution in [3.63, 3.8) is 0 Å². The van der Waals surface area contributed by atoms with Gasteiger partial charge in [-0.25, -0.2) is 4.79 Å². The van der Waals surface area contributed by atoms with Crippen LogP contribution in [0, 0.1) is 5.92 Å². The van der Waals surface area contributed by atoms with E-state index < -0.39 is 5.76 Å². The van der Waals surface area contributed by atoms with Gasteiger partial charge in [-0.1, -0.05) is 26.2 Å². The summed E-state index contributed by atoms with van der Waals surface area (Å²) < 4.78 is 5.03. The molecule has 21 heavy (non-hydrogen) atoms. The molecule has 0 spiro atoms. The van der Waals surface area contributed by atoms with E-state index in [2.05, 4.69) is 17.2 Å². The lowest BCUT2D eigenvalue weighted by Crippen LogP contribution is -2.30. The number of hydrogen-bond acceptors (Lipinski definition) is 4. The van der Waals surface area contributed by atoms with E-state index in [1.807, 2.05) is 6.07 Å². The van der Waals surface area contributed by atoms with Crippen molar-refractivity contribution in [3.8, 4) is 0 Å². The van der Waals surface area contributed by atoms with Gasteiger partial charge in [0.2, 0.25) is 0 Å². The fourth-order valence-corrected chi connectivity index (χ4v) is 3.43. The minimum absolute atomic E-state index is 0.434. The summed E-state index contributed by atoms with van der Waals surface area (Å²) in [5.41, 5.74) is 8.80. The van der Waals surface area contributed by atoms with Crippen LogP contribution in [0.1, 0.15) is 45.4 Å². The van der Waals surface area contributed by atoms with Gasteiger partial charge >= 0.3 is 5.76 Å². The lowest BCUT2D eigenvalue weighted by molar-refractivity contribution is 0.313. The molecule has 1 unspecified atom stereocenters. The molecule has 5 heteroatoms. The molecule has 1 aliphatic rings. The van der Waals surface area contributed by atoms with Crippen molar-refractivity contribution in [1.82, 2.24) is 4.98 Å². The third-order valence-corrected chi connectivity index (χ3v) is 4.59. The second kappa shape index (κ2) is 5.84. The number of aromatic nitrogens is 1. The highest BCUT2D eigenvalue weighted by molar-refractivity contribution is 5.85. The third-order valence-electron chi connectivity index (χ3n) is 4.59. The largest absolute Gasteiger partial charge is 0.417 e. The highest BCUT2D eigenvalue weighted by atomic mass is 16.4. The van der Waals surface area contributed by atoms with E-state index in [1.54, 1.807) is 6.07 Å². The number of H-pyrrole nitrogens is 1. The van der Waals surface area contributed by atoms with Crippen molar-refractivity contribution in [2.24, 2.45) is 5.92 Å². The van der Waals surface area contributed by atoms with E-state index in [0.717, 1.165) is 12.1 Å². The Morgan fingerprint density at radius 2 is 2.14 bits per heavy atom. The molecule has 5 nitrogen and oxygen atoms in total. The second-order valence-electron chi connectivity index (χ2n) is 6.01. The van der Waals surface area contributed by atoms with E-state index in [4.69, 9.17) is 10.2 Å². The summed E-state index contributed by atoms with van der Waals surface area (Å²) in [4.78, 5) is 13.9. The van der Waals surface area contributed by atoms with E-state index >= 15 is 0 Å². The number of nitrogens with two attached hydrogens (primary N) is 1. The number of anilines is 2. The van der Waals surface area contributed by atoms with Crippen LogP contribution in [0.3, 0.4) is 0 Å². The van der Waals surface area contributed by atoms with Crippen LogP contribution < -0.4 is 16.8 Å². The maximum atomic E-state index is 11.3. The average molecular weight is 289 g/mol. The van der Waals surface area contributed by atoms with Gasteiger partial charge in [-0.05, 0) is 31.2 Å². The molecule has 2 aromatic rings. The molecule has 0 saturated heterocycles. The summed E-state index contributed by atoms with van der Waals surface area (Å²) in [6.45, 7) is 2.21. The van der Waals surface area contributed by atoms with Crippen LogP contribution in [0.4, 0.5) is 11.4 Å². The first-order valence-electron chi connectivity index (χ1n) is 7.86. The maximum absolute atomic E-state index is 11.3. The molecule has 1 saturated carbocycles. The highest BCUT2D eigenvalue weighted by Gasteiger charge is 2.23. The molecule has 0 amide bonds. The fourth-order valence-electron chi connectivity index (χ4n) is 3.43. The number of fused-ring (bicyclic) bond motifs is 1. The first-order chi connectivity index (χ1) is 10.2. The maximum Gasteiger partial charge on any atom is 0.417 e. The smallest absolute Gasteiger partial charge is 0.408 e. The number of hydrogen-bond donors (Lipinski definition) is 3. The van der Waals surface area contributed by atoms with Gasteiger partial charge in [0.1, 0.15) is 0 Å². The van der Waals surface area contributed by atoms with Gasteiger partial charge in [0.05, 0.1) is 16.9 Å². The zero-order valence-corrected chi connectivity index (χ0v) is 12.4. The number of oxazole rings is 1. The van der Waals surface area contributed by atoms with Crippen LogP contribution in [0.2, 0.25) is 0 Å². The minimum Gasteiger partial charge on any atom is -0.408 e. The van der Waals surface area contributed by atoms with Crippen molar-refractivity contribution in [3.05, 3.63) is 22.7 Å². The summed E-state index contributed by atoms with van der Waals surface area (Å²) in [6.07, 6.45) is 7.66. The molecule has 1 aromatic carbocycles. The van der Waals surface area contributed by atoms with E-state index in [0.29, 0.717) is 28.7 Å². The molecule has 1 aromatic heterocycles. The highest BCUT2D eigenvalue weighted by Crippen LogP contribution is 2.32. The number of benzene rings is 1. The number of rotatable bonds is 4. The van der Waals surface area contributed by atoms with Crippen molar-refractivity contribution in [2.45, 2.75) is 51.5 Å². The standard InChI is InChI=1S/C16H23N3O2/c1-2-12(10-6-4-3-5-7-10)18-13-9-14-15(8-11(13)17)21-16(20)19-14/h8-10,12,18H,2-7,17H2,1H3,(H,19,20). The van der Waals surface area contributed by atoms with Crippen molar-refractivity contribution >= 4 is 22.5 Å². The normalized spacial score (nSPS) is 18.0. The van der Waals surface area contributed by atoms with E-state index in [9.17, 15) is 4.79 Å². The molecule has 3 rings (SSSR count). The minimum atomic E-state index is -0.444. The zero-order valence-electron chi connectivity index (χ0n) is 12.4. The Balaban J connectivity index is 1.84. The van der Waals surface area contributed by atoms with Crippen molar-refractivity contribution in [1.29, 1.82) is 0 Å². The van der Waals surface area contributed by atoms with Crippen molar-refractivity contribution < 1.29 is 4.42 Å². The van der Waals surface area contributed by atoms with Gasteiger partial charge in [-0.15, -0.1) is 0 Å². The van der Waals surface area contributed by atoms with Crippen LogP contribution in [0.15, 0.2) is 21.3 Å². The summed E-state index contributed by atoms with van der Waals surface area (Å²) in [6, 6.07) is 4.02. The van der Waals surface area contributed by atoms with Gasteiger partial charge in [0, 0.05) is 12.1 Å². The SMILES string of the molecule is CCC(Nc1cc2[nH]c(=O)oc2cc1N)C1CCCCC1. The molecule has 0 aliphatic heterocycles. The number of nitrogen functional groups attached to an aromatic ring is 1. The Labute approximate surface area is 123 Å². The monoisotopic (exact) mass is 289 g/mol. The number of nitrogens with one attached hydrogen (secondary N) is 2. The third kappa shape index (κ3) is 2.91. The Kier molecular flexibility index (Phi) is 3.90. The zero-order chi connectivity index (χ0) is 14.8. The second-order valence-corrected chi connectivity index (χ2v) is 6.01. The number of aromatic amines is 1. The van der Waals surface area contributed by atoms with Crippen LogP contribution in [0.25, 0.3) is 11.1 Å². The lowest BCUT2D eigenvalue weighted by atomic mass is 9.83. The van der Waals surface area contributed by atoms with Gasteiger partial charge in [-0.3, -0.25) is 4.98 Å². The average Bonchev–Trinajstić information content (AvgIpc) is 2.84. The molecular weight excluding hydrogens is 266 g/mol. The molecule has 1 atom stereocenters. The summed E-state index contributed by atoms with van der Waals surface area (Å²) >= 11 is 0. The molecule has 114 valence electrons. The molecule has 0 radical (unpaired) electrons. The first kappa shape index (κ1) is 14.0. The summed E-state index contributed by atoms with van der Waals surface area (Å²) in [5, 5.41) is 3.58. The quantitative estimate of drug-likeness (QED) is 0.752. The lowest BCUT2D eigenvalue weighted by Gasteiger charge is -2.31. The Morgan fingerprint density at radius 3 is 2.86 bits per heavy atom. The van der Waals surface area contributed by atoms with Crippen LogP contribution in [-0.2, 0) is 0 Å². The Hall–Kier alpha value is -1.91. The van der Waals surface area contributed by atoms with E-state index in [1.165, 1.54) is 32.1 Å². The molecule has 1 heterocycles. The van der Waals surface area contributed by atoms with Crippen molar-refractivity contribution in [2.75, 3.05) is 11.1 Å². The first-order valence-corrected chi connectivity index (χ1v) is 7.86. The van der Waals surface area contributed by atoms with Gasteiger partial charge in [0.15, 0.2) is 5.58 Å². The van der Waals surface area contributed by atoms with Crippen LogP contribution >= 0.6 is 0 Å². The van der Waals surface area contributed by atoms with Gasteiger partial charge in [-0.2, -0.15) is 0 Å². The van der Waals surface area contributed by atoms with Gasteiger partial charge < -0.3 is 15.5 Å². The summed E-state index contributed by atoms with van der Waals surface area (Å²) in [7, 11) is 0. The molecular formula is C16H23N3O2. The molecule has 1 fully saturated rings. The fraction of sp³-hybridized carbons (Fsp3) is 0.562. The predicted molar refractivity (Wildman–Crippen MR) is 85.5 cm³/mol. The van der Waals surface area contributed by atoms with Crippen LogP contribution in [0.5, 0.6) is 0 Å². The topological polar surface area (TPSA) is 84.0 Å². The summed E-state index contributed by atoms with van der Waals surface area (Å²) in [5.74, 6) is 0.267. The van der Waals surface area contributed by atoms with E-state index in [-0.39, 0.29) is 0 Å².